The molecule has 6 nitrogen and oxygen atoms in total. The molecule has 1 saturated heterocycles. The Bertz CT molecular complexity index is 982. The summed E-state index contributed by atoms with van der Waals surface area (Å²) in [7, 11) is 0. The van der Waals surface area contributed by atoms with E-state index < -0.39 is 35.2 Å². The number of amides is 2. The van der Waals surface area contributed by atoms with Gasteiger partial charge in [-0.2, -0.15) is 0 Å². The molecule has 1 aliphatic carbocycles. The van der Waals surface area contributed by atoms with Crippen molar-refractivity contribution in [2.45, 2.75) is 44.8 Å². The van der Waals surface area contributed by atoms with Crippen LogP contribution in [0.4, 0.5) is 18.9 Å². The Morgan fingerprint density at radius 2 is 1.97 bits per heavy atom. The van der Waals surface area contributed by atoms with Gasteiger partial charge in [0, 0.05) is 30.5 Å². The van der Waals surface area contributed by atoms with E-state index in [-0.39, 0.29) is 43.1 Å². The first-order valence-electron chi connectivity index (χ1n) is 9.78. The number of rotatable bonds is 3. The van der Waals surface area contributed by atoms with Gasteiger partial charge in [0.2, 0.25) is 5.91 Å². The Morgan fingerprint density at radius 1 is 1.23 bits per heavy atom. The van der Waals surface area contributed by atoms with E-state index in [1.54, 1.807) is 6.92 Å². The number of nitrogens with one attached hydrogen (secondary N) is 1. The standard InChI is InChI=1S/C21H21F3N4O2/c1-12-25-4-2-18(26-12)19(29)27-16-7-15(24)10-21(11-16)3-5-28(20(21)30)17-8-13(22)6-14(23)9-17/h2,4,6,8-9,15-16H,3,5,7,10-11H2,1H3,(H,27,29). The van der Waals surface area contributed by atoms with Gasteiger partial charge in [0.05, 0.1) is 5.41 Å². The zero-order valence-electron chi connectivity index (χ0n) is 16.4. The monoisotopic (exact) mass is 418 g/mol. The fourth-order valence-electron chi connectivity index (χ4n) is 4.55. The summed E-state index contributed by atoms with van der Waals surface area (Å²) >= 11 is 0. The fraction of sp³-hybridized carbons (Fsp3) is 0.429. The van der Waals surface area contributed by atoms with Gasteiger partial charge in [-0.3, -0.25) is 9.59 Å². The number of alkyl halides is 1. The summed E-state index contributed by atoms with van der Waals surface area (Å²) in [5.74, 6) is -1.95. The van der Waals surface area contributed by atoms with Gasteiger partial charge in [-0.25, -0.2) is 23.1 Å². The second kappa shape index (κ2) is 7.70. The van der Waals surface area contributed by atoms with Gasteiger partial charge in [-0.05, 0) is 50.8 Å². The Labute approximate surface area is 171 Å². The lowest BCUT2D eigenvalue weighted by Gasteiger charge is -2.38. The molecule has 2 amide bonds. The molecule has 3 atom stereocenters. The molecule has 9 heteroatoms. The molecular weight excluding hydrogens is 397 g/mol. The van der Waals surface area contributed by atoms with E-state index in [1.165, 1.54) is 17.2 Å². The number of halogens is 3. The van der Waals surface area contributed by atoms with Crippen LogP contribution in [-0.2, 0) is 4.79 Å². The molecule has 4 rings (SSSR count). The number of benzene rings is 1. The van der Waals surface area contributed by atoms with Crippen LogP contribution in [0.25, 0.3) is 0 Å². The largest absolute Gasteiger partial charge is 0.348 e. The van der Waals surface area contributed by atoms with E-state index in [1.807, 2.05) is 0 Å². The molecule has 1 aromatic carbocycles. The van der Waals surface area contributed by atoms with Gasteiger partial charge in [-0.1, -0.05) is 0 Å². The lowest BCUT2D eigenvalue weighted by molar-refractivity contribution is -0.128. The van der Waals surface area contributed by atoms with Crippen LogP contribution in [0.2, 0.25) is 0 Å². The smallest absolute Gasteiger partial charge is 0.270 e. The first-order chi connectivity index (χ1) is 14.3. The zero-order valence-corrected chi connectivity index (χ0v) is 16.4. The molecule has 1 spiro atoms. The van der Waals surface area contributed by atoms with Crippen LogP contribution >= 0.6 is 0 Å². The topological polar surface area (TPSA) is 75.2 Å². The summed E-state index contributed by atoms with van der Waals surface area (Å²) in [4.78, 5) is 35.0. The highest BCUT2D eigenvalue weighted by Gasteiger charge is 2.52. The third-order valence-electron chi connectivity index (χ3n) is 5.81. The molecule has 2 aliphatic rings. The molecular formula is C21H21F3N4O2. The van der Waals surface area contributed by atoms with E-state index in [2.05, 4.69) is 15.3 Å². The highest BCUT2D eigenvalue weighted by Crippen LogP contribution is 2.47. The normalized spacial score (nSPS) is 26.3. The minimum absolute atomic E-state index is 0.0269. The van der Waals surface area contributed by atoms with Crippen molar-refractivity contribution in [2.24, 2.45) is 5.41 Å². The van der Waals surface area contributed by atoms with Gasteiger partial charge in [-0.15, -0.1) is 0 Å². The van der Waals surface area contributed by atoms with Crippen molar-refractivity contribution in [1.29, 1.82) is 0 Å². The molecule has 2 fully saturated rings. The molecule has 0 radical (unpaired) electrons. The van der Waals surface area contributed by atoms with Crippen LogP contribution < -0.4 is 10.2 Å². The van der Waals surface area contributed by atoms with Crippen LogP contribution in [0.5, 0.6) is 0 Å². The first-order valence-corrected chi connectivity index (χ1v) is 9.78. The molecule has 158 valence electrons. The average molecular weight is 418 g/mol. The highest BCUT2D eigenvalue weighted by atomic mass is 19.1. The minimum Gasteiger partial charge on any atom is -0.348 e. The van der Waals surface area contributed by atoms with Gasteiger partial charge in [0.25, 0.3) is 5.91 Å². The summed E-state index contributed by atoms with van der Waals surface area (Å²) in [6.45, 7) is 1.89. The SMILES string of the molecule is Cc1nccc(C(=O)NC2CC(F)CC3(CCN(c4cc(F)cc(F)c4)C3=O)C2)n1. The summed E-state index contributed by atoms with van der Waals surface area (Å²) in [5.41, 5.74) is -0.723. The molecule has 30 heavy (non-hydrogen) atoms. The van der Waals surface area contributed by atoms with Crippen molar-refractivity contribution in [2.75, 3.05) is 11.4 Å². The lowest BCUT2D eigenvalue weighted by Crippen LogP contribution is -2.49. The molecule has 3 unspecified atom stereocenters. The van der Waals surface area contributed by atoms with E-state index in [9.17, 15) is 22.8 Å². The van der Waals surface area contributed by atoms with E-state index in [4.69, 9.17) is 0 Å². The Hall–Kier alpha value is -2.97. The molecule has 1 aliphatic heterocycles. The van der Waals surface area contributed by atoms with E-state index in [0.29, 0.717) is 12.2 Å². The van der Waals surface area contributed by atoms with Crippen LogP contribution in [0.3, 0.4) is 0 Å². The fourth-order valence-corrected chi connectivity index (χ4v) is 4.55. The van der Waals surface area contributed by atoms with Gasteiger partial charge in [0.15, 0.2) is 0 Å². The predicted octanol–water partition coefficient (Wildman–Crippen LogP) is 3.11. The molecule has 1 aromatic heterocycles. The summed E-state index contributed by atoms with van der Waals surface area (Å²) in [6.07, 6.45) is 0.927. The Balaban J connectivity index is 1.52. The number of aryl methyl sites for hydroxylation is 1. The second-order valence-electron chi connectivity index (χ2n) is 8.02. The number of carbonyl (C=O) groups excluding carboxylic acids is 2. The second-order valence-corrected chi connectivity index (χ2v) is 8.02. The lowest BCUT2D eigenvalue weighted by atomic mass is 9.70. The number of anilines is 1. The Morgan fingerprint density at radius 3 is 2.67 bits per heavy atom. The number of nitrogens with zero attached hydrogens (tertiary/aromatic N) is 3. The van der Waals surface area contributed by atoms with Crippen molar-refractivity contribution in [3.05, 3.63) is 53.6 Å². The maximum Gasteiger partial charge on any atom is 0.270 e. The molecule has 1 saturated carbocycles. The van der Waals surface area contributed by atoms with Gasteiger partial charge < -0.3 is 10.2 Å². The van der Waals surface area contributed by atoms with Crippen LogP contribution in [-0.4, -0.2) is 40.5 Å². The first kappa shape index (κ1) is 20.3. The third kappa shape index (κ3) is 3.88. The number of hydrogen-bond acceptors (Lipinski definition) is 4. The Kier molecular flexibility index (Phi) is 5.21. The van der Waals surface area contributed by atoms with E-state index in [0.717, 1.165) is 18.2 Å². The minimum atomic E-state index is -1.27. The van der Waals surface area contributed by atoms with E-state index >= 15 is 0 Å². The summed E-state index contributed by atoms with van der Waals surface area (Å²) in [5, 5.41) is 2.78. The molecule has 2 heterocycles. The zero-order chi connectivity index (χ0) is 21.5. The van der Waals surface area contributed by atoms with Crippen molar-refractivity contribution in [3.8, 4) is 0 Å². The van der Waals surface area contributed by atoms with Crippen molar-refractivity contribution in [1.82, 2.24) is 15.3 Å². The highest BCUT2D eigenvalue weighted by molar-refractivity contribution is 6.00. The predicted molar refractivity (Wildman–Crippen MR) is 103 cm³/mol. The number of carbonyl (C=O) groups is 2. The van der Waals surface area contributed by atoms with Crippen LogP contribution in [0.1, 0.15) is 42.0 Å². The molecule has 0 bridgehead atoms. The molecule has 2 aromatic rings. The maximum absolute atomic E-state index is 14.6. The van der Waals surface area contributed by atoms with Crippen molar-refractivity contribution >= 4 is 17.5 Å². The number of aromatic nitrogens is 2. The summed E-state index contributed by atoms with van der Waals surface area (Å²) in [6, 6.07) is 3.83. The third-order valence-corrected chi connectivity index (χ3v) is 5.81. The molecule has 1 N–H and O–H groups in total. The van der Waals surface area contributed by atoms with Crippen molar-refractivity contribution < 1.29 is 22.8 Å². The number of hydrogen-bond donors (Lipinski definition) is 1. The van der Waals surface area contributed by atoms with Crippen molar-refractivity contribution in [3.63, 3.8) is 0 Å². The quantitative estimate of drug-likeness (QED) is 0.831. The maximum atomic E-state index is 14.6. The average Bonchev–Trinajstić information content (AvgIpc) is 2.96. The van der Waals surface area contributed by atoms with Crippen LogP contribution in [0, 0.1) is 24.0 Å². The summed E-state index contributed by atoms with van der Waals surface area (Å²) < 4.78 is 41.8. The van der Waals surface area contributed by atoms with Gasteiger partial charge in [0.1, 0.15) is 29.3 Å². The van der Waals surface area contributed by atoms with Crippen LogP contribution in [0.15, 0.2) is 30.5 Å². The van der Waals surface area contributed by atoms with Gasteiger partial charge >= 0.3 is 0 Å².